The molecule has 0 radical (unpaired) electrons. The zero-order valence-electron chi connectivity index (χ0n) is 17.0. The summed E-state index contributed by atoms with van der Waals surface area (Å²) in [5.41, 5.74) is 2.02. The quantitative estimate of drug-likeness (QED) is 0.415. The van der Waals surface area contributed by atoms with Crippen molar-refractivity contribution in [1.82, 2.24) is 4.90 Å². The molecule has 5 nitrogen and oxygen atoms in total. The number of ether oxygens (including phenoxy) is 1. The number of hydrogen-bond acceptors (Lipinski definition) is 5. The molecule has 1 aliphatic heterocycles. The van der Waals surface area contributed by atoms with Crippen LogP contribution in [0.25, 0.3) is 10.8 Å². The molecule has 0 aliphatic carbocycles. The van der Waals surface area contributed by atoms with E-state index < -0.39 is 0 Å². The topological polar surface area (TPSA) is 54.3 Å². The van der Waals surface area contributed by atoms with E-state index in [9.17, 15) is 4.79 Å². The number of nitrogens with zero attached hydrogens (tertiary/aromatic N) is 3. The molecule has 30 heavy (non-hydrogen) atoms. The summed E-state index contributed by atoms with van der Waals surface area (Å²) in [5, 5.41) is 11.5. The second-order valence-corrected chi connectivity index (χ2v) is 8.15. The number of methoxy groups -OCH3 is 1. The Bertz CT molecular complexity index is 1100. The molecule has 0 spiro atoms. The van der Waals surface area contributed by atoms with Crippen molar-refractivity contribution in [2.45, 2.75) is 25.1 Å². The highest BCUT2D eigenvalue weighted by Gasteiger charge is 2.36. The van der Waals surface area contributed by atoms with Crippen LogP contribution in [-0.4, -0.2) is 34.5 Å². The third-order valence-electron chi connectivity index (χ3n) is 5.05. The molecule has 6 heteroatoms. The van der Waals surface area contributed by atoms with Crippen LogP contribution in [0.2, 0.25) is 0 Å². The summed E-state index contributed by atoms with van der Waals surface area (Å²) in [7, 11) is 1.64. The van der Waals surface area contributed by atoms with E-state index in [1.165, 1.54) is 11.8 Å². The van der Waals surface area contributed by atoms with E-state index in [1.54, 1.807) is 18.2 Å². The molecule has 0 N–H and O–H groups in total. The third-order valence-corrected chi connectivity index (χ3v) is 6.39. The lowest BCUT2D eigenvalue weighted by atomic mass is 10.1. The summed E-state index contributed by atoms with van der Waals surface area (Å²) in [6, 6.07) is 22.0. The fraction of sp³-hybridized carbons (Fsp3) is 0.208. The van der Waals surface area contributed by atoms with Crippen molar-refractivity contribution in [2.75, 3.05) is 7.11 Å². The Morgan fingerprint density at radius 3 is 2.60 bits per heavy atom. The van der Waals surface area contributed by atoms with E-state index >= 15 is 0 Å². The summed E-state index contributed by atoms with van der Waals surface area (Å²) in [6.45, 7) is 2.48. The Morgan fingerprint density at radius 1 is 1.07 bits per heavy atom. The van der Waals surface area contributed by atoms with Gasteiger partial charge in [-0.3, -0.25) is 9.69 Å². The van der Waals surface area contributed by atoms with Crippen LogP contribution in [0.1, 0.15) is 24.5 Å². The predicted molar refractivity (Wildman–Crippen MR) is 124 cm³/mol. The highest BCUT2D eigenvalue weighted by Crippen LogP contribution is 2.31. The van der Waals surface area contributed by atoms with Crippen molar-refractivity contribution in [3.05, 3.63) is 77.9 Å². The van der Waals surface area contributed by atoms with E-state index in [4.69, 9.17) is 4.74 Å². The molecule has 0 aromatic heterocycles. The normalized spacial score (nSPS) is 18.1. The van der Waals surface area contributed by atoms with Gasteiger partial charge >= 0.3 is 0 Å². The first-order valence-electron chi connectivity index (χ1n) is 9.89. The molecule has 0 saturated carbocycles. The summed E-state index contributed by atoms with van der Waals surface area (Å²) >= 11 is 1.48. The van der Waals surface area contributed by atoms with Gasteiger partial charge in [0.05, 0.1) is 25.1 Å². The number of fused-ring (bicyclic) bond motifs is 1. The van der Waals surface area contributed by atoms with E-state index in [1.807, 2.05) is 55.5 Å². The average molecular weight is 418 g/mol. The first-order valence-corrected chi connectivity index (χ1v) is 10.8. The maximum atomic E-state index is 12.8. The lowest BCUT2D eigenvalue weighted by Gasteiger charge is -2.16. The zero-order chi connectivity index (χ0) is 20.9. The van der Waals surface area contributed by atoms with Gasteiger partial charge in [-0.05, 0) is 34.9 Å². The van der Waals surface area contributed by atoms with Crippen molar-refractivity contribution in [3.63, 3.8) is 0 Å². The Hall–Kier alpha value is -3.12. The van der Waals surface area contributed by atoms with Crippen molar-refractivity contribution in [1.29, 1.82) is 0 Å². The largest absolute Gasteiger partial charge is 0.497 e. The van der Waals surface area contributed by atoms with E-state index in [0.29, 0.717) is 11.7 Å². The number of thioether (sulfide) groups is 1. The van der Waals surface area contributed by atoms with Gasteiger partial charge in [0.1, 0.15) is 5.75 Å². The fourth-order valence-corrected chi connectivity index (χ4v) is 4.43. The minimum atomic E-state index is -0.116. The molecule has 4 rings (SSSR count). The second kappa shape index (κ2) is 9.13. The van der Waals surface area contributed by atoms with Crippen molar-refractivity contribution in [3.8, 4) is 5.75 Å². The Labute approximate surface area is 180 Å². The summed E-state index contributed by atoms with van der Waals surface area (Å²) in [5.74, 6) is 0.873. The number of rotatable bonds is 6. The number of carbonyl (C=O) groups is 1. The molecule has 1 atom stereocenters. The van der Waals surface area contributed by atoms with Crippen LogP contribution < -0.4 is 4.74 Å². The number of amidine groups is 1. The van der Waals surface area contributed by atoms with Crippen LogP contribution in [0.3, 0.4) is 0 Å². The van der Waals surface area contributed by atoms with Gasteiger partial charge in [-0.25, -0.2) is 0 Å². The zero-order valence-corrected chi connectivity index (χ0v) is 17.8. The van der Waals surface area contributed by atoms with E-state index in [2.05, 4.69) is 28.4 Å². The maximum absolute atomic E-state index is 12.8. The molecular formula is C24H23N3O2S. The smallest absolute Gasteiger partial charge is 0.242 e. The lowest BCUT2D eigenvalue weighted by Crippen LogP contribution is -2.31. The Balaban J connectivity index is 1.58. The standard InChI is InChI=1S/C24H23N3O2S/c1-3-22-23(28)27(16-17-11-13-20(29-2)14-12-17)24(30-22)26-25-15-19-9-6-8-18-7-4-5-10-21(18)19/h4-15,22H,3,16H2,1-2H3/b25-15-,26-24+/t22-/m0/s1. The lowest BCUT2D eigenvalue weighted by molar-refractivity contribution is -0.126. The second-order valence-electron chi connectivity index (χ2n) is 6.98. The van der Waals surface area contributed by atoms with E-state index in [-0.39, 0.29) is 11.2 Å². The summed E-state index contributed by atoms with van der Waals surface area (Å²) in [4.78, 5) is 14.6. The van der Waals surface area contributed by atoms with Gasteiger partial charge in [0.15, 0.2) is 5.17 Å². The van der Waals surface area contributed by atoms with Crippen molar-refractivity contribution < 1.29 is 9.53 Å². The highest BCUT2D eigenvalue weighted by atomic mass is 32.2. The van der Waals surface area contributed by atoms with Gasteiger partial charge in [0, 0.05) is 5.56 Å². The van der Waals surface area contributed by atoms with Gasteiger partial charge in [-0.1, -0.05) is 73.3 Å². The van der Waals surface area contributed by atoms with E-state index in [0.717, 1.165) is 34.1 Å². The molecule has 0 unspecified atom stereocenters. The van der Waals surface area contributed by atoms with Crippen LogP contribution >= 0.6 is 11.8 Å². The van der Waals surface area contributed by atoms with Gasteiger partial charge in [-0.15, -0.1) is 5.10 Å². The van der Waals surface area contributed by atoms with Gasteiger partial charge in [0.2, 0.25) is 5.91 Å². The van der Waals surface area contributed by atoms with Gasteiger partial charge in [0.25, 0.3) is 0 Å². The first kappa shape index (κ1) is 20.2. The summed E-state index contributed by atoms with van der Waals surface area (Å²) < 4.78 is 5.21. The minimum Gasteiger partial charge on any atom is -0.497 e. The van der Waals surface area contributed by atoms with Crippen LogP contribution in [0.5, 0.6) is 5.75 Å². The molecule has 1 aliphatic rings. The van der Waals surface area contributed by atoms with Crippen LogP contribution in [0.4, 0.5) is 0 Å². The molecule has 1 amide bonds. The molecule has 1 saturated heterocycles. The monoisotopic (exact) mass is 417 g/mol. The SMILES string of the molecule is CC[C@@H]1S/C(=N/N=C\c2cccc3ccccc23)N(Cc2ccc(OC)cc2)C1=O. The van der Waals surface area contributed by atoms with Crippen molar-refractivity contribution in [2.24, 2.45) is 10.2 Å². The minimum absolute atomic E-state index is 0.0810. The predicted octanol–water partition coefficient (Wildman–Crippen LogP) is 5.09. The molecule has 1 fully saturated rings. The number of carbonyl (C=O) groups excluding carboxylic acids is 1. The molecule has 152 valence electrons. The average Bonchev–Trinajstić information content (AvgIpc) is 3.09. The molecule has 0 bridgehead atoms. The number of benzene rings is 3. The number of amides is 1. The molecular weight excluding hydrogens is 394 g/mol. The first-order chi connectivity index (χ1) is 14.7. The Morgan fingerprint density at radius 2 is 1.83 bits per heavy atom. The molecule has 3 aromatic rings. The highest BCUT2D eigenvalue weighted by molar-refractivity contribution is 8.15. The van der Waals surface area contributed by atoms with Gasteiger partial charge in [-0.2, -0.15) is 5.10 Å². The third kappa shape index (κ3) is 4.24. The van der Waals surface area contributed by atoms with Crippen molar-refractivity contribution >= 4 is 39.8 Å². The summed E-state index contributed by atoms with van der Waals surface area (Å²) in [6.07, 6.45) is 2.51. The van der Waals surface area contributed by atoms with Gasteiger partial charge < -0.3 is 4.74 Å². The van der Waals surface area contributed by atoms with Crippen LogP contribution in [-0.2, 0) is 11.3 Å². The molecule has 1 heterocycles. The maximum Gasteiger partial charge on any atom is 0.242 e. The van der Waals surface area contributed by atoms with Crippen LogP contribution in [0, 0.1) is 0 Å². The van der Waals surface area contributed by atoms with Crippen LogP contribution in [0.15, 0.2) is 76.9 Å². The Kier molecular flexibility index (Phi) is 6.14. The number of hydrogen-bond donors (Lipinski definition) is 0. The molecule has 3 aromatic carbocycles. The fourth-order valence-electron chi connectivity index (χ4n) is 3.41.